The number of rotatable bonds is 2. The van der Waals surface area contributed by atoms with Crippen molar-refractivity contribution < 1.29 is 9.59 Å². The molecule has 1 aliphatic rings. The molecule has 4 nitrogen and oxygen atoms in total. The van der Waals surface area contributed by atoms with Crippen LogP contribution in [0.25, 0.3) is 0 Å². The Morgan fingerprint density at radius 1 is 1.61 bits per heavy atom. The number of nitrogens with zero attached hydrogens (tertiary/aromatic N) is 1. The van der Waals surface area contributed by atoms with Crippen molar-refractivity contribution in [3.8, 4) is 0 Å². The third-order valence-corrected chi connectivity index (χ3v) is 6.08. The number of thiophene rings is 1. The number of piperazine rings is 1. The monoisotopic (exact) mass is 394 g/mol. The van der Waals surface area contributed by atoms with Gasteiger partial charge in [0.15, 0.2) is 0 Å². The van der Waals surface area contributed by atoms with Crippen LogP contribution in [0.5, 0.6) is 0 Å². The highest BCUT2D eigenvalue weighted by atomic mass is 79.9. The summed E-state index contributed by atoms with van der Waals surface area (Å²) in [7, 11) is 0. The van der Waals surface area contributed by atoms with Crippen LogP contribution in [0.4, 0.5) is 0 Å². The van der Waals surface area contributed by atoms with E-state index in [2.05, 4.69) is 37.2 Å². The van der Waals surface area contributed by atoms with E-state index < -0.39 is 0 Å². The van der Waals surface area contributed by atoms with E-state index >= 15 is 0 Å². The van der Waals surface area contributed by atoms with Crippen LogP contribution in [0.2, 0.25) is 0 Å². The molecular weight excluding hydrogens is 384 g/mol. The molecular formula is C11H12Br2N2O2S. The average Bonchev–Trinajstić information content (AvgIpc) is 2.68. The minimum atomic E-state index is -0.356. The van der Waals surface area contributed by atoms with Crippen LogP contribution in [-0.4, -0.2) is 35.8 Å². The number of hydrogen-bond acceptors (Lipinski definition) is 3. The maximum atomic E-state index is 12.4. The normalized spacial score (nSPS) is 19.8. The van der Waals surface area contributed by atoms with Gasteiger partial charge in [-0.3, -0.25) is 9.59 Å². The first-order valence-electron chi connectivity index (χ1n) is 5.58. The summed E-state index contributed by atoms with van der Waals surface area (Å²) in [5.74, 6) is -0.139. The van der Waals surface area contributed by atoms with Gasteiger partial charge in [-0.25, -0.2) is 0 Å². The molecule has 0 spiro atoms. The van der Waals surface area contributed by atoms with E-state index in [0.29, 0.717) is 24.4 Å². The molecule has 1 aromatic heterocycles. The third-order valence-electron chi connectivity index (χ3n) is 2.83. The number of amides is 2. The molecule has 2 amide bonds. The molecule has 0 bridgehead atoms. The summed E-state index contributed by atoms with van der Waals surface area (Å²) in [5, 5.41) is 2.79. The van der Waals surface area contributed by atoms with Gasteiger partial charge in [0.25, 0.3) is 5.91 Å². The Morgan fingerprint density at radius 2 is 2.33 bits per heavy atom. The van der Waals surface area contributed by atoms with Gasteiger partial charge in [-0.05, 0) is 44.3 Å². The third kappa shape index (κ3) is 2.62. The lowest BCUT2D eigenvalue weighted by molar-refractivity contribution is -0.127. The number of hydrogen-bond donors (Lipinski definition) is 1. The Morgan fingerprint density at radius 3 is 2.89 bits per heavy atom. The molecule has 1 fully saturated rings. The van der Waals surface area contributed by atoms with Crippen molar-refractivity contribution in [3.63, 3.8) is 0 Å². The predicted molar refractivity (Wildman–Crippen MR) is 77.8 cm³/mol. The fraction of sp³-hybridized carbons (Fsp3) is 0.455. The zero-order valence-corrected chi connectivity index (χ0v) is 13.7. The molecule has 2 rings (SSSR count). The largest absolute Gasteiger partial charge is 0.353 e. The van der Waals surface area contributed by atoms with Crippen molar-refractivity contribution in [2.24, 2.45) is 0 Å². The lowest BCUT2D eigenvalue weighted by atomic mass is 10.1. The highest BCUT2D eigenvalue weighted by molar-refractivity contribution is 9.13. The molecule has 1 saturated heterocycles. The van der Waals surface area contributed by atoms with Crippen LogP contribution >= 0.6 is 43.2 Å². The summed E-state index contributed by atoms with van der Waals surface area (Å²) in [6.07, 6.45) is 0.630. The molecule has 1 unspecified atom stereocenters. The maximum absolute atomic E-state index is 12.4. The maximum Gasteiger partial charge on any atom is 0.264 e. The van der Waals surface area contributed by atoms with Crippen LogP contribution in [0, 0.1) is 0 Å². The van der Waals surface area contributed by atoms with Gasteiger partial charge in [-0.2, -0.15) is 0 Å². The van der Waals surface area contributed by atoms with Gasteiger partial charge in [-0.1, -0.05) is 6.92 Å². The van der Waals surface area contributed by atoms with Gasteiger partial charge in [0.1, 0.15) is 6.04 Å². The summed E-state index contributed by atoms with van der Waals surface area (Å²) in [6, 6.07) is 1.43. The van der Waals surface area contributed by atoms with Crippen molar-refractivity contribution in [3.05, 3.63) is 19.2 Å². The smallest absolute Gasteiger partial charge is 0.264 e. The molecule has 0 aromatic carbocycles. The van der Waals surface area contributed by atoms with E-state index in [4.69, 9.17) is 0 Å². The minimum absolute atomic E-state index is 0.0632. The number of halogens is 2. The second kappa shape index (κ2) is 5.71. The molecule has 1 aromatic rings. The predicted octanol–water partition coefficient (Wildman–Crippen LogP) is 2.62. The first kappa shape index (κ1) is 14.0. The van der Waals surface area contributed by atoms with Crippen LogP contribution in [0.3, 0.4) is 0 Å². The number of carbonyl (C=O) groups excluding carboxylic acids is 2. The Balaban J connectivity index is 2.24. The Labute approximate surface area is 126 Å². The molecule has 1 N–H and O–H groups in total. The first-order valence-corrected chi connectivity index (χ1v) is 7.98. The minimum Gasteiger partial charge on any atom is -0.353 e. The standard InChI is InChI=1S/C11H12Br2N2O2S/c1-2-7-10(16)14-3-4-15(7)11(17)8-5-6(12)9(13)18-8/h5,7H,2-4H2,1H3,(H,14,16). The Bertz CT molecular complexity index is 470. The lowest BCUT2D eigenvalue weighted by Crippen LogP contribution is -2.56. The Hall–Kier alpha value is -0.400. The van der Waals surface area contributed by atoms with Gasteiger partial charge in [0, 0.05) is 17.6 Å². The Kier molecular flexibility index (Phi) is 4.45. The van der Waals surface area contributed by atoms with Crippen molar-refractivity contribution in [2.75, 3.05) is 13.1 Å². The molecule has 98 valence electrons. The molecule has 0 aliphatic carbocycles. The molecule has 0 radical (unpaired) electrons. The second-order valence-corrected chi connectivity index (χ2v) is 7.17. The van der Waals surface area contributed by atoms with Gasteiger partial charge >= 0.3 is 0 Å². The van der Waals surface area contributed by atoms with E-state index in [-0.39, 0.29) is 17.9 Å². The van der Waals surface area contributed by atoms with Crippen LogP contribution in [-0.2, 0) is 4.79 Å². The summed E-state index contributed by atoms with van der Waals surface area (Å²) in [6.45, 7) is 3.00. The highest BCUT2D eigenvalue weighted by Gasteiger charge is 2.32. The summed E-state index contributed by atoms with van der Waals surface area (Å²) in [4.78, 5) is 26.4. The van der Waals surface area contributed by atoms with Gasteiger partial charge in [0.05, 0.1) is 8.66 Å². The highest BCUT2D eigenvalue weighted by Crippen LogP contribution is 2.33. The number of carbonyl (C=O) groups is 2. The molecule has 18 heavy (non-hydrogen) atoms. The van der Waals surface area contributed by atoms with E-state index in [1.54, 1.807) is 11.0 Å². The van der Waals surface area contributed by atoms with Crippen molar-refractivity contribution in [1.82, 2.24) is 10.2 Å². The number of nitrogens with one attached hydrogen (secondary N) is 1. The zero-order valence-electron chi connectivity index (χ0n) is 9.70. The second-order valence-electron chi connectivity index (χ2n) is 3.95. The molecule has 2 heterocycles. The topological polar surface area (TPSA) is 49.4 Å². The van der Waals surface area contributed by atoms with E-state index in [1.165, 1.54) is 11.3 Å². The van der Waals surface area contributed by atoms with Crippen LogP contribution in [0.1, 0.15) is 23.0 Å². The van der Waals surface area contributed by atoms with Crippen molar-refractivity contribution in [2.45, 2.75) is 19.4 Å². The van der Waals surface area contributed by atoms with E-state index in [0.717, 1.165) is 8.26 Å². The summed E-state index contributed by atoms with van der Waals surface area (Å²) < 4.78 is 1.76. The molecule has 1 aliphatic heterocycles. The summed E-state index contributed by atoms with van der Waals surface area (Å²) >= 11 is 8.12. The van der Waals surface area contributed by atoms with Crippen LogP contribution < -0.4 is 5.32 Å². The van der Waals surface area contributed by atoms with Crippen molar-refractivity contribution >= 4 is 55.0 Å². The lowest BCUT2D eigenvalue weighted by Gasteiger charge is -2.34. The fourth-order valence-electron chi connectivity index (χ4n) is 1.96. The fourth-order valence-corrected chi connectivity index (χ4v) is 3.95. The molecule has 0 saturated carbocycles. The SMILES string of the molecule is CCC1C(=O)NCCN1C(=O)c1cc(Br)c(Br)s1. The average molecular weight is 396 g/mol. The van der Waals surface area contributed by atoms with Crippen LogP contribution in [0.15, 0.2) is 14.3 Å². The first-order chi connectivity index (χ1) is 8.54. The summed E-state index contributed by atoms with van der Waals surface area (Å²) in [5.41, 5.74) is 0. The molecule has 7 heteroatoms. The van der Waals surface area contributed by atoms with E-state index in [1.807, 2.05) is 6.92 Å². The van der Waals surface area contributed by atoms with Crippen molar-refractivity contribution in [1.29, 1.82) is 0 Å². The van der Waals surface area contributed by atoms with Gasteiger partial charge < -0.3 is 10.2 Å². The van der Waals surface area contributed by atoms with Gasteiger partial charge in [0.2, 0.25) is 5.91 Å². The van der Waals surface area contributed by atoms with Gasteiger partial charge in [-0.15, -0.1) is 11.3 Å². The quantitative estimate of drug-likeness (QED) is 0.836. The molecule has 1 atom stereocenters. The zero-order chi connectivity index (χ0) is 13.3. The van der Waals surface area contributed by atoms with E-state index in [9.17, 15) is 9.59 Å².